The molecule has 3 atom stereocenters. The van der Waals surface area contributed by atoms with Gasteiger partial charge in [0.1, 0.15) is 5.60 Å². The quantitative estimate of drug-likeness (QED) is 0.742. The van der Waals surface area contributed by atoms with E-state index >= 15 is 0 Å². The molecule has 2 aliphatic rings. The van der Waals surface area contributed by atoms with Gasteiger partial charge in [0.15, 0.2) is 8.32 Å². The summed E-state index contributed by atoms with van der Waals surface area (Å²) in [5.74, 6) is 0. The van der Waals surface area contributed by atoms with Gasteiger partial charge < -0.3 is 19.4 Å². The molecule has 1 heterocycles. The SMILES string of the molecule is CC(C)(C)OC(=O)N1CCN[C@@H]2[C@H]1CCC[C@H]2O[Si](C)(C)C(C)(C)C. The van der Waals surface area contributed by atoms with E-state index in [1.807, 2.05) is 25.7 Å². The van der Waals surface area contributed by atoms with Gasteiger partial charge in [0.25, 0.3) is 0 Å². The van der Waals surface area contributed by atoms with Gasteiger partial charge in [-0.25, -0.2) is 4.79 Å². The van der Waals surface area contributed by atoms with Crippen molar-refractivity contribution in [2.45, 2.75) is 103 Å². The summed E-state index contributed by atoms with van der Waals surface area (Å²) in [6.45, 7) is 18.7. The first kappa shape index (κ1) is 20.7. The van der Waals surface area contributed by atoms with E-state index < -0.39 is 13.9 Å². The van der Waals surface area contributed by atoms with Crippen molar-refractivity contribution in [2.24, 2.45) is 0 Å². The van der Waals surface area contributed by atoms with Gasteiger partial charge in [0.05, 0.1) is 18.2 Å². The number of nitrogens with one attached hydrogen (secondary N) is 1. The fraction of sp³-hybridized carbons (Fsp3) is 0.947. The molecule has 0 aromatic rings. The number of hydrogen-bond acceptors (Lipinski definition) is 4. The van der Waals surface area contributed by atoms with Crippen LogP contribution in [0.5, 0.6) is 0 Å². The van der Waals surface area contributed by atoms with Crippen molar-refractivity contribution >= 4 is 14.4 Å². The Morgan fingerprint density at radius 1 is 1.12 bits per heavy atom. The number of carbonyl (C=O) groups is 1. The van der Waals surface area contributed by atoms with Gasteiger partial charge >= 0.3 is 6.09 Å². The van der Waals surface area contributed by atoms with Crippen molar-refractivity contribution in [2.75, 3.05) is 13.1 Å². The first-order valence-corrected chi connectivity index (χ1v) is 12.6. The molecule has 5 nitrogen and oxygen atoms in total. The number of hydrogen-bond donors (Lipinski definition) is 1. The maximum Gasteiger partial charge on any atom is 0.410 e. The Bertz CT molecular complexity index is 482. The van der Waals surface area contributed by atoms with Gasteiger partial charge in [-0.3, -0.25) is 0 Å². The van der Waals surface area contributed by atoms with E-state index in [-0.39, 0.29) is 29.3 Å². The lowest BCUT2D eigenvalue weighted by molar-refractivity contribution is -0.0207. The van der Waals surface area contributed by atoms with Crippen molar-refractivity contribution in [3.05, 3.63) is 0 Å². The highest BCUT2D eigenvalue weighted by atomic mass is 28.4. The number of carbonyl (C=O) groups excluding carboxylic acids is 1. The lowest BCUT2D eigenvalue weighted by atomic mass is 9.85. The minimum absolute atomic E-state index is 0.173. The maximum absolute atomic E-state index is 12.7. The van der Waals surface area contributed by atoms with Gasteiger partial charge in [-0.05, 0) is 58.2 Å². The minimum Gasteiger partial charge on any atom is -0.444 e. The van der Waals surface area contributed by atoms with Crippen LogP contribution < -0.4 is 5.32 Å². The van der Waals surface area contributed by atoms with Crippen LogP contribution in [0.1, 0.15) is 60.8 Å². The molecule has 0 aromatic carbocycles. The molecule has 146 valence electrons. The molecule has 0 bridgehead atoms. The Labute approximate surface area is 154 Å². The second kappa shape index (κ2) is 7.20. The molecular formula is C19H38N2O3Si. The summed E-state index contributed by atoms with van der Waals surface area (Å²) in [5, 5.41) is 3.83. The van der Waals surface area contributed by atoms with Crippen LogP contribution in [0.15, 0.2) is 0 Å². The van der Waals surface area contributed by atoms with Crippen LogP contribution in [0.4, 0.5) is 4.79 Å². The molecule has 1 saturated carbocycles. The third-order valence-corrected chi connectivity index (χ3v) is 10.3. The number of ether oxygens (including phenoxy) is 1. The smallest absolute Gasteiger partial charge is 0.410 e. The lowest BCUT2D eigenvalue weighted by Crippen LogP contribution is -2.66. The minimum atomic E-state index is -1.83. The molecule has 2 fully saturated rings. The average molecular weight is 371 g/mol. The van der Waals surface area contributed by atoms with Crippen LogP contribution in [-0.2, 0) is 9.16 Å². The first-order chi connectivity index (χ1) is 11.3. The standard InChI is InChI=1S/C19H38N2O3Si/c1-18(2,3)23-17(22)21-13-12-20-16-14(21)10-9-11-15(16)24-25(7,8)19(4,5)6/h14-16,20H,9-13H2,1-8H3/t14-,15-,16-/m1/s1. The fourth-order valence-corrected chi connectivity index (χ4v) is 4.88. The van der Waals surface area contributed by atoms with Crippen molar-refractivity contribution in [1.29, 1.82) is 0 Å². The average Bonchev–Trinajstić information content (AvgIpc) is 2.43. The summed E-state index contributed by atoms with van der Waals surface area (Å²) in [7, 11) is -1.83. The summed E-state index contributed by atoms with van der Waals surface area (Å²) in [5.41, 5.74) is -0.455. The number of fused-ring (bicyclic) bond motifs is 1. The molecule has 6 heteroatoms. The molecule has 1 aliphatic carbocycles. The van der Waals surface area contributed by atoms with Crippen LogP contribution >= 0.6 is 0 Å². The summed E-state index contributed by atoms with van der Waals surface area (Å²) in [4.78, 5) is 14.6. The van der Waals surface area contributed by atoms with E-state index in [0.717, 1.165) is 25.8 Å². The molecule has 0 spiro atoms. The molecule has 0 aromatic heterocycles. The molecule has 25 heavy (non-hydrogen) atoms. The lowest BCUT2D eigenvalue weighted by Gasteiger charge is -2.50. The highest BCUT2D eigenvalue weighted by Crippen LogP contribution is 2.40. The van der Waals surface area contributed by atoms with Gasteiger partial charge in [0.2, 0.25) is 0 Å². The number of amides is 1. The molecule has 1 aliphatic heterocycles. The molecular weight excluding hydrogens is 332 g/mol. The molecule has 1 N–H and O–H groups in total. The summed E-state index contributed by atoms with van der Waals surface area (Å²) in [6.07, 6.45) is 3.19. The van der Waals surface area contributed by atoms with Crippen LogP contribution in [-0.4, -0.2) is 56.2 Å². The van der Waals surface area contributed by atoms with Crippen LogP contribution in [0.25, 0.3) is 0 Å². The number of nitrogens with zero attached hydrogens (tertiary/aromatic N) is 1. The van der Waals surface area contributed by atoms with E-state index in [1.165, 1.54) is 0 Å². The monoisotopic (exact) mass is 370 g/mol. The predicted octanol–water partition coefficient (Wildman–Crippen LogP) is 4.14. The second-order valence-corrected chi connectivity index (χ2v) is 14.8. The predicted molar refractivity (Wildman–Crippen MR) is 104 cm³/mol. The number of piperazine rings is 1. The Balaban J connectivity index is 2.12. The van der Waals surface area contributed by atoms with Crippen LogP contribution in [0.2, 0.25) is 18.1 Å². The Morgan fingerprint density at radius 2 is 1.76 bits per heavy atom. The van der Waals surface area contributed by atoms with E-state index in [9.17, 15) is 4.79 Å². The first-order valence-electron chi connectivity index (χ1n) is 9.73. The van der Waals surface area contributed by atoms with Gasteiger partial charge in [0, 0.05) is 13.1 Å². The largest absolute Gasteiger partial charge is 0.444 e. The van der Waals surface area contributed by atoms with E-state index in [4.69, 9.17) is 9.16 Å². The molecule has 2 rings (SSSR count). The zero-order chi connectivity index (χ0) is 19.0. The van der Waals surface area contributed by atoms with Gasteiger partial charge in [-0.1, -0.05) is 20.8 Å². The third kappa shape index (κ3) is 4.98. The highest BCUT2D eigenvalue weighted by molar-refractivity contribution is 6.74. The van der Waals surface area contributed by atoms with Gasteiger partial charge in [-0.2, -0.15) is 0 Å². The van der Waals surface area contributed by atoms with Crippen LogP contribution in [0.3, 0.4) is 0 Å². The van der Waals surface area contributed by atoms with Crippen molar-refractivity contribution in [3.8, 4) is 0 Å². The molecule has 0 radical (unpaired) electrons. The van der Waals surface area contributed by atoms with Gasteiger partial charge in [-0.15, -0.1) is 0 Å². The third-order valence-electron chi connectivity index (χ3n) is 5.82. The molecule has 1 saturated heterocycles. The molecule has 0 unspecified atom stereocenters. The number of rotatable bonds is 2. The van der Waals surface area contributed by atoms with E-state index in [2.05, 4.69) is 39.2 Å². The van der Waals surface area contributed by atoms with E-state index in [1.54, 1.807) is 0 Å². The van der Waals surface area contributed by atoms with Crippen molar-refractivity contribution in [3.63, 3.8) is 0 Å². The summed E-state index contributed by atoms with van der Waals surface area (Å²) >= 11 is 0. The van der Waals surface area contributed by atoms with E-state index in [0.29, 0.717) is 6.54 Å². The second-order valence-electron chi connectivity index (χ2n) is 10.1. The summed E-state index contributed by atoms with van der Waals surface area (Å²) < 4.78 is 12.4. The Kier molecular flexibility index (Phi) is 5.96. The normalized spacial score (nSPS) is 28.5. The zero-order valence-electron chi connectivity index (χ0n) is 17.4. The van der Waals surface area contributed by atoms with Crippen molar-refractivity contribution < 1.29 is 14.0 Å². The van der Waals surface area contributed by atoms with Crippen LogP contribution in [0, 0.1) is 0 Å². The summed E-state index contributed by atoms with van der Waals surface area (Å²) in [6, 6.07) is 0.385. The molecule has 1 amide bonds. The highest BCUT2D eigenvalue weighted by Gasteiger charge is 2.46. The fourth-order valence-electron chi connectivity index (χ4n) is 3.50. The Hall–Kier alpha value is -0.593. The zero-order valence-corrected chi connectivity index (χ0v) is 18.4. The Morgan fingerprint density at radius 3 is 2.32 bits per heavy atom. The maximum atomic E-state index is 12.7. The topological polar surface area (TPSA) is 50.8 Å². The van der Waals surface area contributed by atoms with Crippen molar-refractivity contribution in [1.82, 2.24) is 10.2 Å².